The second kappa shape index (κ2) is 8.05. The van der Waals surface area contributed by atoms with E-state index in [0.29, 0.717) is 0 Å². The molecule has 0 saturated carbocycles. The molecule has 18 heavy (non-hydrogen) atoms. The third-order valence-corrected chi connectivity index (χ3v) is 1.90. The van der Waals surface area contributed by atoms with Crippen LogP contribution in [0.15, 0.2) is 0 Å². The van der Waals surface area contributed by atoms with E-state index in [4.69, 9.17) is 9.47 Å². The molecule has 0 unspecified atom stereocenters. The van der Waals surface area contributed by atoms with Gasteiger partial charge in [-0.2, -0.15) is 0 Å². The maximum absolute atomic E-state index is 11.3. The van der Waals surface area contributed by atoms with Crippen LogP contribution in [0.3, 0.4) is 0 Å². The fourth-order valence-electron chi connectivity index (χ4n) is 0.926. The summed E-state index contributed by atoms with van der Waals surface area (Å²) in [6.45, 7) is 7.53. The summed E-state index contributed by atoms with van der Waals surface area (Å²) in [7, 11) is 0. The van der Waals surface area contributed by atoms with Crippen LogP contribution in [0.5, 0.6) is 0 Å². The number of aliphatic hydroxyl groups is 2. The summed E-state index contributed by atoms with van der Waals surface area (Å²) in [6, 6.07) is 0. The van der Waals surface area contributed by atoms with E-state index in [1.807, 2.05) is 27.7 Å². The molecule has 0 saturated heterocycles. The molecule has 2 N–H and O–H groups in total. The fourth-order valence-corrected chi connectivity index (χ4v) is 0.926. The highest BCUT2D eigenvalue weighted by molar-refractivity contribution is 5.85. The quantitative estimate of drug-likeness (QED) is 0.632. The van der Waals surface area contributed by atoms with Crippen molar-refractivity contribution < 1.29 is 29.3 Å². The third-order valence-electron chi connectivity index (χ3n) is 1.90. The van der Waals surface area contributed by atoms with E-state index < -0.39 is 24.1 Å². The van der Waals surface area contributed by atoms with Gasteiger partial charge in [0.05, 0.1) is 13.2 Å². The lowest BCUT2D eigenvalue weighted by Gasteiger charge is -2.17. The van der Waals surface area contributed by atoms with Gasteiger partial charge in [0.25, 0.3) is 0 Å². The van der Waals surface area contributed by atoms with Crippen LogP contribution >= 0.6 is 0 Å². The van der Waals surface area contributed by atoms with Gasteiger partial charge >= 0.3 is 11.9 Å². The van der Waals surface area contributed by atoms with Crippen LogP contribution in [0, 0.1) is 11.8 Å². The lowest BCUT2D eigenvalue weighted by molar-refractivity contribution is -0.174. The summed E-state index contributed by atoms with van der Waals surface area (Å²) in [4.78, 5) is 22.6. The Kier molecular flexibility index (Phi) is 7.54. The zero-order chi connectivity index (χ0) is 14.3. The van der Waals surface area contributed by atoms with E-state index in [0.717, 1.165) is 0 Å². The Bertz CT molecular complexity index is 246. The second-order valence-electron chi connectivity index (χ2n) is 4.94. The van der Waals surface area contributed by atoms with Crippen LogP contribution in [-0.4, -0.2) is 47.6 Å². The molecule has 0 aromatic rings. The van der Waals surface area contributed by atoms with Gasteiger partial charge in [-0.3, -0.25) is 0 Å². The van der Waals surface area contributed by atoms with Crippen molar-refractivity contribution in [3.05, 3.63) is 0 Å². The maximum Gasteiger partial charge on any atom is 0.338 e. The molecule has 0 aromatic carbocycles. The van der Waals surface area contributed by atoms with E-state index >= 15 is 0 Å². The monoisotopic (exact) mass is 262 g/mol. The Hall–Kier alpha value is -1.14. The summed E-state index contributed by atoms with van der Waals surface area (Å²) < 4.78 is 9.41. The molecule has 0 rings (SSSR count). The average Bonchev–Trinajstić information content (AvgIpc) is 2.30. The number of esters is 2. The predicted octanol–water partition coefficient (Wildman–Crippen LogP) is 0.107. The van der Waals surface area contributed by atoms with Gasteiger partial charge in [0.1, 0.15) is 0 Å². The number of rotatable bonds is 7. The van der Waals surface area contributed by atoms with Gasteiger partial charge in [-0.05, 0) is 11.8 Å². The molecule has 106 valence electrons. The first-order chi connectivity index (χ1) is 8.25. The van der Waals surface area contributed by atoms with Crippen LogP contribution in [0.4, 0.5) is 0 Å². The minimum absolute atomic E-state index is 0.103. The lowest BCUT2D eigenvalue weighted by atomic mass is 10.2. The number of carbonyl (C=O) groups is 2. The van der Waals surface area contributed by atoms with E-state index in [-0.39, 0.29) is 25.0 Å². The first-order valence-electron chi connectivity index (χ1n) is 5.95. The number of hydrogen-bond donors (Lipinski definition) is 2. The number of ether oxygens (including phenoxy) is 2. The summed E-state index contributed by atoms with van der Waals surface area (Å²) in [5.41, 5.74) is 0. The van der Waals surface area contributed by atoms with Crippen LogP contribution < -0.4 is 0 Å². The molecule has 0 fully saturated rings. The van der Waals surface area contributed by atoms with Gasteiger partial charge in [0, 0.05) is 0 Å². The number of carbonyl (C=O) groups excluding carboxylic acids is 2. The van der Waals surface area contributed by atoms with Gasteiger partial charge in [-0.15, -0.1) is 0 Å². The van der Waals surface area contributed by atoms with E-state index in [1.54, 1.807) is 0 Å². The first-order valence-corrected chi connectivity index (χ1v) is 5.95. The highest BCUT2D eigenvalue weighted by Crippen LogP contribution is 2.03. The molecular weight excluding hydrogens is 240 g/mol. The van der Waals surface area contributed by atoms with Gasteiger partial charge in [-0.25, -0.2) is 9.59 Å². The molecule has 0 heterocycles. The first kappa shape index (κ1) is 16.9. The molecule has 0 aliphatic carbocycles. The molecule has 0 aliphatic heterocycles. The number of aliphatic hydroxyl groups excluding tert-OH is 2. The molecular formula is C12H22O6. The Morgan fingerprint density at radius 2 is 1.11 bits per heavy atom. The van der Waals surface area contributed by atoms with E-state index in [1.165, 1.54) is 0 Å². The lowest BCUT2D eigenvalue weighted by Crippen LogP contribution is -2.42. The molecule has 6 nitrogen and oxygen atoms in total. The molecule has 6 heteroatoms. The standard InChI is InChI=1S/C12H22O6/c1-7(2)5-17-11(15)9(13)10(14)12(16)18-6-8(3)4/h7-10,13-14H,5-6H2,1-4H3/t9-,10+. The Morgan fingerprint density at radius 1 is 0.833 bits per heavy atom. The Morgan fingerprint density at radius 3 is 1.33 bits per heavy atom. The average molecular weight is 262 g/mol. The summed E-state index contributed by atoms with van der Waals surface area (Å²) in [5.74, 6) is -1.85. The van der Waals surface area contributed by atoms with E-state index in [2.05, 4.69) is 0 Å². The van der Waals surface area contributed by atoms with Crippen LogP contribution in [-0.2, 0) is 19.1 Å². The van der Waals surface area contributed by atoms with Crippen molar-refractivity contribution in [2.45, 2.75) is 39.9 Å². The molecule has 0 aromatic heterocycles. The smallest absolute Gasteiger partial charge is 0.338 e. The van der Waals surface area contributed by atoms with Gasteiger partial charge in [0.15, 0.2) is 12.2 Å². The number of hydrogen-bond acceptors (Lipinski definition) is 6. The summed E-state index contributed by atoms with van der Waals surface area (Å²) >= 11 is 0. The highest BCUT2D eigenvalue weighted by atomic mass is 16.6. The van der Waals surface area contributed by atoms with Crippen LogP contribution in [0.2, 0.25) is 0 Å². The third kappa shape index (κ3) is 6.56. The van der Waals surface area contributed by atoms with Gasteiger partial charge in [0.2, 0.25) is 0 Å². The topological polar surface area (TPSA) is 93.1 Å². The molecule has 0 amide bonds. The largest absolute Gasteiger partial charge is 0.463 e. The summed E-state index contributed by atoms with van der Waals surface area (Å²) in [5, 5.41) is 18.8. The SMILES string of the molecule is CC(C)COC(=O)[C@@H](O)[C@@H](O)C(=O)OCC(C)C. The Balaban J connectivity index is 4.18. The minimum atomic E-state index is -1.91. The Labute approximate surface area is 107 Å². The van der Waals surface area contributed by atoms with Crippen molar-refractivity contribution in [2.75, 3.05) is 13.2 Å². The summed E-state index contributed by atoms with van der Waals surface area (Å²) in [6.07, 6.45) is -3.83. The minimum Gasteiger partial charge on any atom is -0.463 e. The van der Waals surface area contributed by atoms with Crippen LogP contribution in [0.1, 0.15) is 27.7 Å². The van der Waals surface area contributed by atoms with E-state index in [9.17, 15) is 19.8 Å². The maximum atomic E-state index is 11.3. The van der Waals surface area contributed by atoms with Crippen molar-refractivity contribution in [1.82, 2.24) is 0 Å². The molecule has 0 bridgehead atoms. The molecule has 0 spiro atoms. The highest BCUT2D eigenvalue weighted by Gasteiger charge is 2.33. The molecule has 2 atom stereocenters. The fraction of sp³-hybridized carbons (Fsp3) is 0.833. The van der Waals surface area contributed by atoms with Crippen molar-refractivity contribution in [3.8, 4) is 0 Å². The second-order valence-corrected chi connectivity index (χ2v) is 4.94. The molecule has 0 aliphatic rings. The van der Waals surface area contributed by atoms with Gasteiger partial charge in [-0.1, -0.05) is 27.7 Å². The zero-order valence-electron chi connectivity index (χ0n) is 11.3. The molecule has 0 radical (unpaired) electrons. The van der Waals surface area contributed by atoms with Crippen LogP contribution in [0.25, 0.3) is 0 Å². The normalized spacial score (nSPS) is 14.4. The predicted molar refractivity (Wildman–Crippen MR) is 63.6 cm³/mol. The zero-order valence-corrected chi connectivity index (χ0v) is 11.3. The van der Waals surface area contributed by atoms with Crippen molar-refractivity contribution in [2.24, 2.45) is 11.8 Å². The van der Waals surface area contributed by atoms with Crippen molar-refractivity contribution >= 4 is 11.9 Å². The van der Waals surface area contributed by atoms with Gasteiger partial charge < -0.3 is 19.7 Å². The van der Waals surface area contributed by atoms with Crippen molar-refractivity contribution in [1.29, 1.82) is 0 Å². The van der Waals surface area contributed by atoms with Crippen molar-refractivity contribution in [3.63, 3.8) is 0 Å².